The van der Waals surface area contributed by atoms with Gasteiger partial charge in [0.2, 0.25) is 0 Å². The standard InChI is InChI=1S/C12H8N6S2/c13-7-1-2-8-9(5-7)19-12(16-8)20-11-10-17-15-6-18(10)4-3-14-11/h1-6H,13H2. The molecule has 0 spiro atoms. The smallest absolute Gasteiger partial charge is 0.193 e. The number of hydrogen-bond acceptors (Lipinski definition) is 7. The van der Waals surface area contributed by atoms with E-state index in [4.69, 9.17) is 5.73 Å². The van der Waals surface area contributed by atoms with Gasteiger partial charge in [-0.2, -0.15) is 0 Å². The predicted octanol–water partition coefficient (Wildman–Crippen LogP) is 2.47. The van der Waals surface area contributed by atoms with Gasteiger partial charge in [0.05, 0.1) is 10.2 Å². The van der Waals surface area contributed by atoms with Gasteiger partial charge >= 0.3 is 0 Å². The molecule has 0 amide bonds. The number of aromatic nitrogens is 5. The van der Waals surface area contributed by atoms with Gasteiger partial charge in [-0.3, -0.25) is 4.40 Å². The van der Waals surface area contributed by atoms with E-state index in [2.05, 4.69) is 20.2 Å². The van der Waals surface area contributed by atoms with Crippen molar-refractivity contribution in [2.45, 2.75) is 9.37 Å². The predicted molar refractivity (Wildman–Crippen MR) is 78.9 cm³/mol. The number of nitrogen functional groups attached to an aromatic ring is 1. The molecule has 4 aromatic rings. The quantitative estimate of drug-likeness (QED) is 0.573. The maximum atomic E-state index is 5.78. The molecule has 6 nitrogen and oxygen atoms in total. The summed E-state index contributed by atoms with van der Waals surface area (Å²) in [4.78, 5) is 8.91. The Hall–Kier alpha value is -2.19. The zero-order valence-electron chi connectivity index (χ0n) is 10.1. The summed E-state index contributed by atoms with van der Waals surface area (Å²) in [5.74, 6) is 0. The van der Waals surface area contributed by atoms with Gasteiger partial charge in [0.25, 0.3) is 0 Å². The lowest BCUT2D eigenvalue weighted by Crippen LogP contribution is -1.88. The van der Waals surface area contributed by atoms with Crippen LogP contribution in [0.5, 0.6) is 0 Å². The van der Waals surface area contributed by atoms with Crippen molar-refractivity contribution in [2.24, 2.45) is 0 Å². The molecule has 0 saturated carbocycles. The maximum Gasteiger partial charge on any atom is 0.193 e. The summed E-state index contributed by atoms with van der Waals surface area (Å²) in [6.07, 6.45) is 5.20. The molecule has 0 atom stereocenters. The van der Waals surface area contributed by atoms with Gasteiger partial charge in [-0.25, -0.2) is 9.97 Å². The highest BCUT2D eigenvalue weighted by Crippen LogP contribution is 2.35. The van der Waals surface area contributed by atoms with E-state index in [-0.39, 0.29) is 0 Å². The maximum absolute atomic E-state index is 5.78. The van der Waals surface area contributed by atoms with Crippen LogP contribution in [0.3, 0.4) is 0 Å². The lowest BCUT2D eigenvalue weighted by atomic mass is 10.3. The lowest BCUT2D eigenvalue weighted by Gasteiger charge is -1.97. The zero-order chi connectivity index (χ0) is 13.5. The summed E-state index contributed by atoms with van der Waals surface area (Å²) >= 11 is 3.08. The van der Waals surface area contributed by atoms with Crippen LogP contribution in [-0.2, 0) is 0 Å². The number of nitrogens with two attached hydrogens (primary N) is 1. The number of fused-ring (bicyclic) bond motifs is 2. The summed E-state index contributed by atoms with van der Waals surface area (Å²) in [6.45, 7) is 0. The summed E-state index contributed by atoms with van der Waals surface area (Å²) in [5, 5.41) is 8.74. The SMILES string of the molecule is Nc1ccc2nc(Sc3nccn4cnnc34)sc2c1. The molecule has 3 heterocycles. The molecule has 4 rings (SSSR count). The Labute approximate surface area is 121 Å². The number of anilines is 1. The molecule has 0 unspecified atom stereocenters. The van der Waals surface area contributed by atoms with Crippen LogP contribution in [0.4, 0.5) is 5.69 Å². The van der Waals surface area contributed by atoms with Crippen LogP contribution < -0.4 is 5.73 Å². The van der Waals surface area contributed by atoms with E-state index in [0.29, 0.717) is 0 Å². The Bertz CT molecular complexity index is 913. The van der Waals surface area contributed by atoms with Crippen LogP contribution in [0.15, 0.2) is 46.3 Å². The Morgan fingerprint density at radius 2 is 2.25 bits per heavy atom. The first-order chi connectivity index (χ1) is 9.79. The van der Waals surface area contributed by atoms with Crippen LogP contribution in [0.2, 0.25) is 0 Å². The molecule has 1 aromatic carbocycles. The van der Waals surface area contributed by atoms with E-state index in [1.165, 1.54) is 11.8 Å². The fourth-order valence-corrected chi connectivity index (χ4v) is 3.93. The van der Waals surface area contributed by atoms with Crippen molar-refractivity contribution in [3.05, 3.63) is 36.9 Å². The second kappa shape index (κ2) is 4.43. The molecular formula is C12H8N6S2. The van der Waals surface area contributed by atoms with Crippen LogP contribution in [-0.4, -0.2) is 24.6 Å². The minimum Gasteiger partial charge on any atom is -0.399 e. The zero-order valence-corrected chi connectivity index (χ0v) is 11.7. The minimum absolute atomic E-state index is 0.733. The molecule has 0 aliphatic heterocycles. The third-order valence-electron chi connectivity index (χ3n) is 2.76. The van der Waals surface area contributed by atoms with E-state index in [9.17, 15) is 0 Å². The van der Waals surface area contributed by atoms with E-state index in [1.54, 1.807) is 23.9 Å². The van der Waals surface area contributed by atoms with Gasteiger partial charge in [-0.1, -0.05) is 0 Å². The molecule has 20 heavy (non-hydrogen) atoms. The summed E-state index contributed by atoms with van der Waals surface area (Å²) in [7, 11) is 0. The molecule has 2 N–H and O–H groups in total. The third-order valence-corrected chi connectivity index (χ3v) is 4.82. The molecular weight excluding hydrogens is 292 g/mol. The van der Waals surface area contributed by atoms with Crippen molar-refractivity contribution >= 4 is 44.6 Å². The normalized spacial score (nSPS) is 11.4. The topological polar surface area (TPSA) is 82.0 Å². The largest absolute Gasteiger partial charge is 0.399 e. The Morgan fingerprint density at radius 1 is 1.30 bits per heavy atom. The summed E-state index contributed by atoms with van der Waals surface area (Å²) in [6, 6.07) is 5.71. The molecule has 8 heteroatoms. The number of rotatable bonds is 2. The van der Waals surface area contributed by atoms with Gasteiger partial charge in [0.1, 0.15) is 11.4 Å². The second-order valence-electron chi connectivity index (χ2n) is 4.10. The van der Waals surface area contributed by atoms with Crippen molar-refractivity contribution < 1.29 is 0 Å². The van der Waals surface area contributed by atoms with E-state index in [0.717, 1.165) is 30.9 Å². The van der Waals surface area contributed by atoms with E-state index >= 15 is 0 Å². The van der Waals surface area contributed by atoms with Gasteiger partial charge in [-0.15, -0.1) is 21.5 Å². The molecule has 0 aliphatic carbocycles. The van der Waals surface area contributed by atoms with Crippen LogP contribution >= 0.6 is 23.1 Å². The first-order valence-electron chi connectivity index (χ1n) is 5.78. The van der Waals surface area contributed by atoms with Crippen molar-refractivity contribution in [3.8, 4) is 0 Å². The van der Waals surface area contributed by atoms with Crippen LogP contribution in [0.25, 0.3) is 15.9 Å². The van der Waals surface area contributed by atoms with E-state index < -0.39 is 0 Å². The van der Waals surface area contributed by atoms with Gasteiger partial charge in [0, 0.05) is 18.1 Å². The Balaban J connectivity index is 1.78. The number of thiazole rings is 1. The van der Waals surface area contributed by atoms with Crippen LogP contribution in [0.1, 0.15) is 0 Å². The van der Waals surface area contributed by atoms with E-state index in [1.807, 2.05) is 28.8 Å². The monoisotopic (exact) mass is 300 g/mol. The van der Waals surface area contributed by atoms with Gasteiger partial charge < -0.3 is 5.73 Å². The molecule has 0 radical (unpaired) electrons. The van der Waals surface area contributed by atoms with Crippen molar-refractivity contribution in [2.75, 3.05) is 5.73 Å². The lowest BCUT2D eigenvalue weighted by molar-refractivity contribution is 1.03. The molecule has 0 aliphatic rings. The molecule has 98 valence electrons. The number of benzene rings is 1. The Morgan fingerprint density at radius 3 is 3.20 bits per heavy atom. The van der Waals surface area contributed by atoms with Crippen molar-refractivity contribution in [3.63, 3.8) is 0 Å². The van der Waals surface area contributed by atoms with Crippen molar-refractivity contribution in [1.82, 2.24) is 24.6 Å². The molecule has 0 saturated heterocycles. The number of hydrogen-bond donors (Lipinski definition) is 1. The minimum atomic E-state index is 0.733. The average molecular weight is 300 g/mol. The Kier molecular flexibility index (Phi) is 2.57. The highest BCUT2D eigenvalue weighted by Gasteiger charge is 2.11. The van der Waals surface area contributed by atoms with Gasteiger partial charge in [-0.05, 0) is 30.0 Å². The summed E-state index contributed by atoms with van der Waals surface area (Å²) in [5.41, 5.74) is 8.21. The fourth-order valence-electron chi connectivity index (χ4n) is 1.85. The first kappa shape index (κ1) is 11.6. The van der Waals surface area contributed by atoms with Crippen molar-refractivity contribution in [1.29, 1.82) is 0 Å². The fraction of sp³-hybridized carbons (Fsp3) is 0. The highest BCUT2D eigenvalue weighted by atomic mass is 32.2. The third kappa shape index (κ3) is 1.89. The summed E-state index contributed by atoms with van der Waals surface area (Å²) < 4.78 is 3.82. The first-order valence-corrected chi connectivity index (χ1v) is 7.41. The second-order valence-corrected chi connectivity index (χ2v) is 6.37. The highest BCUT2D eigenvalue weighted by molar-refractivity contribution is 8.01. The molecule has 0 bridgehead atoms. The average Bonchev–Trinajstić information content (AvgIpc) is 3.04. The van der Waals surface area contributed by atoms with Crippen LogP contribution in [0, 0.1) is 0 Å². The molecule has 0 fully saturated rings. The van der Waals surface area contributed by atoms with Gasteiger partial charge in [0.15, 0.2) is 9.99 Å². The molecule has 3 aromatic heterocycles. The number of nitrogens with zero attached hydrogens (tertiary/aromatic N) is 5.